The maximum atomic E-state index is 15.1. The minimum absolute atomic E-state index is 0.0597. The molecular formula is C21H26ClFN6O2. The first-order valence-corrected chi connectivity index (χ1v) is 11.6. The second-order valence-electron chi connectivity index (χ2n) is 8.97. The maximum absolute atomic E-state index is 15.1. The van der Waals surface area contributed by atoms with Gasteiger partial charge in [-0.05, 0) is 38.8 Å². The monoisotopic (exact) mass is 448 g/mol. The number of pyridine rings is 1. The average Bonchev–Trinajstić information content (AvgIpc) is 3.35. The van der Waals surface area contributed by atoms with Gasteiger partial charge in [0.15, 0.2) is 11.0 Å². The van der Waals surface area contributed by atoms with Crippen molar-refractivity contribution >= 4 is 28.3 Å². The Bertz CT molecular complexity index is 1010. The number of ether oxygens (including phenoxy) is 2. The smallest absolute Gasteiger partial charge is 0.319 e. The van der Waals surface area contributed by atoms with E-state index in [4.69, 9.17) is 26.1 Å². The Morgan fingerprint density at radius 1 is 1.19 bits per heavy atom. The van der Waals surface area contributed by atoms with Crippen molar-refractivity contribution in [3.05, 3.63) is 11.0 Å². The minimum Gasteiger partial charge on any atom is -0.477 e. The van der Waals surface area contributed by atoms with E-state index in [1.807, 2.05) is 0 Å². The molecule has 1 unspecified atom stereocenters. The molecule has 1 N–H and O–H groups in total. The van der Waals surface area contributed by atoms with Gasteiger partial charge in [-0.2, -0.15) is 15.0 Å². The number of halogens is 2. The van der Waals surface area contributed by atoms with Crippen LogP contribution in [0.1, 0.15) is 32.1 Å². The van der Waals surface area contributed by atoms with Gasteiger partial charge >= 0.3 is 6.01 Å². The van der Waals surface area contributed by atoms with Crippen LogP contribution in [0.2, 0.25) is 5.15 Å². The SMILES string of the molecule is Fc1c(Cl)nc2c3c(nc(OCC45CCCN4CCC5)nc13)N1CCNCC1CCO2. The summed E-state index contributed by atoms with van der Waals surface area (Å²) in [6.07, 6.45) is 5.42. The summed E-state index contributed by atoms with van der Waals surface area (Å²) in [5.74, 6) is 0.249. The van der Waals surface area contributed by atoms with Crippen molar-refractivity contribution < 1.29 is 13.9 Å². The van der Waals surface area contributed by atoms with Gasteiger partial charge in [0.1, 0.15) is 23.3 Å². The van der Waals surface area contributed by atoms with Crippen molar-refractivity contribution in [2.75, 3.05) is 50.8 Å². The van der Waals surface area contributed by atoms with Gasteiger partial charge in [0.25, 0.3) is 0 Å². The third-order valence-corrected chi connectivity index (χ3v) is 7.52. The van der Waals surface area contributed by atoms with Gasteiger partial charge in [-0.3, -0.25) is 4.90 Å². The van der Waals surface area contributed by atoms with Crippen LogP contribution in [0.3, 0.4) is 0 Å². The summed E-state index contributed by atoms with van der Waals surface area (Å²) >= 11 is 6.09. The molecule has 1 atom stereocenters. The summed E-state index contributed by atoms with van der Waals surface area (Å²) < 4.78 is 27.1. The number of nitrogens with one attached hydrogen (secondary N) is 1. The molecular weight excluding hydrogens is 423 g/mol. The van der Waals surface area contributed by atoms with Crippen molar-refractivity contribution in [1.29, 1.82) is 0 Å². The topological polar surface area (TPSA) is 75.6 Å². The lowest BCUT2D eigenvalue weighted by Gasteiger charge is -2.39. The molecule has 4 aliphatic rings. The standard InChI is InChI=1S/C21H26ClFN6O2/c22-17-15(23)16-14-18(29-9-6-24-11-13(29)3-10-30-19(14)26-17)27-20(25-16)31-12-21-4-1-7-28(21)8-2-5-21/h13,24H,1-12H2. The molecule has 166 valence electrons. The summed E-state index contributed by atoms with van der Waals surface area (Å²) in [6, 6.07) is 0.394. The highest BCUT2D eigenvalue weighted by atomic mass is 35.5. The third-order valence-electron chi connectivity index (χ3n) is 7.27. The molecule has 0 aliphatic carbocycles. The number of nitrogens with zero attached hydrogens (tertiary/aromatic N) is 5. The maximum Gasteiger partial charge on any atom is 0.319 e. The molecule has 6 heterocycles. The van der Waals surface area contributed by atoms with Crippen LogP contribution < -0.4 is 19.7 Å². The number of piperazine rings is 1. The van der Waals surface area contributed by atoms with Crippen molar-refractivity contribution in [3.8, 4) is 11.9 Å². The van der Waals surface area contributed by atoms with Gasteiger partial charge in [-0.25, -0.2) is 4.39 Å². The molecule has 8 nitrogen and oxygen atoms in total. The molecule has 10 heteroatoms. The van der Waals surface area contributed by atoms with Crippen LogP contribution >= 0.6 is 11.6 Å². The number of aromatic nitrogens is 3. The van der Waals surface area contributed by atoms with Crippen LogP contribution in [0.25, 0.3) is 10.9 Å². The largest absolute Gasteiger partial charge is 0.477 e. The summed E-state index contributed by atoms with van der Waals surface area (Å²) in [6.45, 7) is 5.64. The molecule has 0 bridgehead atoms. The quantitative estimate of drug-likeness (QED) is 0.717. The summed E-state index contributed by atoms with van der Waals surface area (Å²) in [5.41, 5.74) is 0.172. The lowest BCUT2D eigenvalue weighted by molar-refractivity contribution is 0.107. The Hall–Kier alpha value is -1.97. The Morgan fingerprint density at radius 3 is 2.87 bits per heavy atom. The fraction of sp³-hybridized carbons (Fsp3) is 0.667. The van der Waals surface area contributed by atoms with Crippen LogP contribution in [0.5, 0.6) is 11.9 Å². The van der Waals surface area contributed by atoms with E-state index in [9.17, 15) is 0 Å². The molecule has 0 amide bonds. The molecule has 0 spiro atoms. The van der Waals surface area contributed by atoms with E-state index in [1.54, 1.807) is 0 Å². The van der Waals surface area contributed by atoms with Gasteiger partial charge in [0.05, 0.1) is 12.1 Å². The molecule has 31 heavy (non-hydrogen) atoms. The summed E-state index contributed by atoms with van der Waals surface area (Å²) in [4.78, 5) is 18.1. The fourth-order valence-electron chi connectivity index (χ4n) is 5.70. The van der Waals surface area contributed by atoms with Crippen LogP contribution in [0.4, 0.5) is 10.2 Å². The number of rotatable bonds is 3. The van der Waals surface area contributed by atoms with E-state index in [-0.39, 0.29) is 34.1 Å². The fourth-order valence-corrected chi connectivity index (χ4v) is 5.87. The predicted octanol–water partition coefficient (Wildman–Crippen LogP) is 2.39. The van der Waals surface area contributed by atoms with Gasteiger partial charge < -0.3 is 19.7 Å². The van der Waals surface area contributed by atoms with Crippen LogP contribution in [0.15, 0.2) is 0 Å². The Labute approximate surface area is 185 Å². The van der Waals surface area contributed by atoms with E-state index < -0.39 is 5.82 Å². The zero-order valence-electron chi connectivity index (χ0n) is 17.4. The lowest BCUT2D eigenvalue weighted by Crippen LogP contribution is -2.52. The van der Waals surface area contributed by atoms with E-state index in [0.29, 0.717) is 24.4 Å². The first kappa shape index (κ1) is 19.7. The number of fused-ring (bicyclic) bond motifs is 3. The zero-order chi connectivity index (χ0) is 21.0. The van der Waals surface area contributed by atoms with Crippen LogP contribution in [-0.2, 0) is 0 Å². The number of anilines is 1. The average molecular weight is 449 g/mol. The summed E-state index contributed by atoms with van der Waals surface area (Å²) in [7, 11) is 0. The summed E-state index contributed by atoms with van der Waals surface area (Å²) in [5, 5.41) is 3.65. The molecule has 2 aromatic rings. The van der Waals surface area contributed by atoms with Gasteiger partial charge in [-0.15, -0.1) is 0 Å². The molecule has 6 rings (SSSR count). The molecule has 2 aromatic heterocycles. The van der Waals surface area contributed by atoms with Gasteiger partial charge in [0.2, 0.25) is 5.88 Å². The van der Waals surface area contributed by atoms with Crippen molar-refractivity contribution in [2.24, 2.45) is 0 Å². The normalized spacial score (nSPS) is 25.0. The second kappa shape index (κ2) is 7.56. The van der Waals surface area contributed by atoms with Gasteiger partial charge in [-0.1, -0.05) is 11.6 Å². The molecule has 0 saturated carbocycles. The molecule has 0 radical (unpaired) electrons. The highest BCUT2D eigenvalue weighted by Gasteiger charge is 2.45. The van der Waals surface area contributed by atoms with Crippen molar-refractivity contribution in [1.82, 2.24) is 25.2 Å². The van der Waals surface area contributed by atoms with Crippen LogP contribution in [0, 0.1) is 5.82 Å². The highest BCUT2D eigenvalue weighted by Crippen LogP contribution is 2.41. The Balaban J connectivity index is 1.44. The van der Waals surface area contributed by atoms with E-state index in [2.05, 4.69) is 25.1 Å². The Morgan fingerprint density at radius 2 is 2.03 bits per heavy atom. The number of hydrogen-bond acceptors (Lipinski definition) is 8. The van der Waals surface area contributed by atoms with E-state index in [0.717, 1.165) is 52.0 Å². The predicted molar refractivity (Wildman–Crippen MR) is 115 cm³/mol. The molecule has 4 aliphatic heterocycles. The first-order valence-electron chi connectivity index (χ1n) is 11.2. The van der Waals surface area contributed by atoms with Gasteiger partial charge in [0, 0.05) is 32.1 Å². The number of hydrogen-bond donors (Lipinski definition) is 1. The Kier molecular flexibility index (Phi) is 4.81. The molecule has 3 fully saturated rings. The lowest BCUT2D eigenvalue weighted by atomic mass is 9.95. The second-order valence-corrected chi connectivity index (χ2v) is 9.33. The molecule has 0 aromatic carbocycles. The first-order chi connectivity index (χ1) is 15.1. The van der Waals surface area contributed by atoms with E-state index in [1.165, 1.54) is 12.8 Å². The van der Waals surface area contributed by atoms with E-state index >= 15 is 4.39 Å². The minimum atomic E-state index is -0.661. The zero-order valence-corrected chi connectivity index (χ0v) is 18.1. The highest BCUT2D eigenvalue weighted by molar-refractivity contribution is 6.30. The van der Waals surface area contributed by atoms with Crippen molar-refractivity contribution in [3.63, 3.8) is 0 Å². The third kappa shape index (κ3) is 3.20. The van der Waals surface area contributed by atoms with Crippen LogP contribution in [-0.4, -0.2) is 77.4 Å². The molecule has 3 saturated heterocycles. The van der Waals surface area contributed by atoms with Crippen molar-refractivity contribution in [2.45, 2.75) is 43.7 Å².